The number of piperazine rings is 1. The zero-order chi connectivity index (χ0) is 19.2. The first-order valence-corrected chi connectivity index (χ1v) is 9.21. The van der Waals surface area contributed by atoms with E-state index in [4.69, 9.17) is 5.41 Å². The molecule has 1 saturated heterocycles. The first-order valence-electron chi connectivity index (χ1n) is 9.21. The Balaban J connectivity index is 1.85. The van der Waals surface area contributed by atoms with Gasteiger partial charge in [-0.2, -0.15) is 0 Å². The molecule has 2 aromatic rings. The van der Waals surface area contributed by atoms with Gasteiger partial charge in [0.15, 0.2) is 0 Å². The predicted octanol–water partition coefficient (Wildman–Crippen LogP) is 1.19. The molecule has 2 heterocycles. The average Bonchev–Trinajstić information content (AvgIpc) is 3.09. The Morgan fingerprint density at radius 2 is 2.07 bits per heavy atom. The molecule has 0 amide bonds. The van der Waals surface area contributed by atoms with Gasteiger partial charge in [0.2, 0.25) is 0 Å². The van der Waals surface area contributed by atoms with Crippen LogP contribution in [0.1, 0.15) is 18.1 Å². The van der Waals surface area contributed by atoms with Crippen LogP contribution in [-0.2, 0) is 6.54 Å². The van der Waals surface area contributed by atoms with Crippen molar-refractivity contribution in [2.75, 3.05) is 33.2 Å². The Kier molecular flexibility index (Phi) is 6.19. The number of benzene rings is 1. The summed E-state index contributed by atoms with van der Waals surface area (Å²) in [7, 11) is 1.73. The van der Waals surface area contributed by atoms with Gasteiger partial charge in [0, 0.05) is 62.1 Å². The zero-order valence-corrected chi connectivity index (χ0v) is 15.9. The average molecular weight is 367 g/mol. The molecule has 1 aliphatic heterocycles. The minimum atomic E-state index is -0.279. The van der Waals surface area contributed by atoms with Crippen molar-refractivity contribution in [2.24, 2.45) is 4.99 Å². The number of rotatable bonds is 4. The van der Waals surface area contributed by atoms with Crippen LogP contribution in [0.3, 0.4) is 0 Å². The fraction of sp³-hybridized carbons (Fsp3) is 0.333. The van der Waals surface area contributed by atoms with Crippen LogP contribution in [0.5, 0.6) is 0 Å². The summed E-state index contributed by atoms with van der Waals surface area (Å²) in [6.07, 6.45) is 7.66. The Hall–Kier alpha value is -2.73. The number of nitrogens with one attached hydrogen (secondary N) is 2. The molecular weight excluding hydrogens is 341 g/mol. The van der Waals surface area contributed by atoms with E-state index in [9.17, 15) is 4.39 Å². The second-order valence-electron chi connectivity index (χ2n) is 6.54. The molecular formula is C21H26FN5. The highest BCUT2D eigenvalue weighted by atomic mass is 19.1. The van der Waals surface area contributed by atoms with Gasteiger partial charge < -0.3 is 14.8 Å². The molecule has 2 N–H and O–H groups in total. The monoisotopic (exact) mass is 367 g/mol. The van der Waals surface area contributed by atoms with Gasteiger partial charge in [-0.15, -0.1) is 0 Å². The van der Waals surface area contributed by atoms with E-state index in [1.165, 1.54) is 6.07 Å². The first kappa shape index (κ1) is 19.0. The van der Waals surface area contributed by atoms with Crippen molar-refractivity contribution in [3.63, 3.8) is 0 Å². The van der Waals surface area contributed by atoms with E-state index in [1.54, 1.807) is 19.3 Å². The number of aliphatic imine (C=N–C) groups is 1. The second-order valence-corrected chi connectivity index (χ2v) is 6.54. The van der Waals surface area contributed by atoms with Gasteiger partial charge in [-0.3, -0.25) is 10.4 Å². The van der Waals surface area contributed by atoms with E-state index in [2.05, 4.69) is 10.3 Å². The Morgan fingerprint density at radius 1 is 1.30 bits per heavy atom. The summed E-state index contributed by atoms with van der Waals surface area (Å²) in [4.78, 5) is 6.00. The Bertz CT molecular complexity index is 951. The standard InChI is InChI=1S/C21H26FN5/c1-3-16-7-11-27(20(16)6-8-24-2)15-18-5-4-17(14-19(18)22)21(23)26-12-9-25-10-13-26/h3-8,11,14,23,25H,9-10,12-13,15H2,1-2H3/b16-3-,20-6+,23-21?,24-8+. The summed E-state index contributed by atoms with van der Waals surface area (Å²) in [5, 5.41) is 13.7. The summed E-state index contributed by atoms with van der Waals surface area (Å²) < 4.78 is 16.8. The molecule has 27 heavy (non-hydrogen) atoms. The van der Waals surface area contributed by atoms with Crippen LogP contribution < -0.4 is 15.9 Å². The Labute approximate surface area is 159 Å². The summed E-state index contributed by atoms with van der Waals surface area (Å²) in [6.45, 7) is 5.68. The van der Waals surface area contributed by atoms with Crippen molar-refractivity contribution in [2.45, 2.75) is 13.5 Å². The van der Waals surface area contributed by atoms with Gasteiger partial charge in [0.05, 0.1) is 6.54 Å². The van der Waals surface area contributed by atoms with Crippen LogP contribution in [0, 0.1) is 11.2 Å². The van der Waals surface area contributed by atoms with Crippen molar-refractivity contribution < 1.29 is 4.39 Å². The van der Waals surface area contributed by atoms with Crippen LogP contribution in [0.4, 0.5) is 4.39 Å². The van der Waals surface area contributed by atoms with Gasteiger partial charge in [-0.25, -0.2) is 4.39 Å². The van der Waals surface area contributed by atoms with E-state index < -0.39 is 0 Å². The summed E-state index contributed by atoms with van der Waals surface area (Å²) >= 11 is 0. The van der Waals surface area contributed by atoms with Gasteiger partial charge in [0.1, 0.15) is 11.7 Å². The van der Waals surface area contributed by atoms with E-state index >= 15 is 0 Å². The maximum Gasteiger partial charge on any atom is 0.128 e. The Morgan fingerprint density at radius 3 is 2.74 bits per heavy atom. The van der Waals surface area contributed by atoms with Crippen molar-refractivity contribution in [1.29, 1.82) is 5.41 Å². The van der Waals surface area contributed by atoms with E-state index in [-0.39, 0.29) is 5.82 Å². The zero-order valence-electron chi connectivity index (χ0n) is 15.9. The molecule has 0 radical (unpaired) electrons. The second kappa shape index (κ2) is 8.77. The van der Waals surface area contributed by atoms with Crippen LogP contribution >= 0.6 is 0 Å². The van der Waals surface area contributed by atoms with Crippen molar-refractivity contribution >= 4 is 24.2 Å². The predicted molar refractivity (Wildman–Crippen MR) is 109 cm³/mol. The molecule has 1 aliphatic rings. The maximum absolute atomic E-state index is 14.8. The van der Waals surface area contributed by atoms with Gasteiger partial charge in [-0.1, -0.05) is 18.2 Å². The van der Waals surface area contributed by atoms with Gasteiger partial charge >= 0.3 is 0 Å². The minimum absolute atomic E-state index is 0.279. The van der Waals surface area contributed by atoms with Crippen LogP contribution in [0.25, 0.3) is 12.2 Å². The van der Waals surface area contributed by atoms with Crippen molar-refractivity contribution in [3.05, 3.63) is 58.0 Å². The highest BCUT2D eigenvalue weighted by molar-refractivity contribution is 5.96. The lowest BCUT2D eigenvalue weighted by Gasteiger charge is -2.29. The molecule has 3 rings (SSSR count). The fourth-order valence-corrected chi connectivity index (χ4v) is 3.30. The van der Waals surface area contributed by atoms with E-state index in [1.807, 2.05) is 46.9 Å². The molecule has 6 heteroatoms. The van der Waals surface area contributed by atoms with Crippen molar-refractivity contribution in [1.82, 2.24) is 14.8 Å². The summed E-state index contributed by atoms with van der Waals surface area (Å²) in [5.41, 5.74) is 1.23. The molecule has 0 bridgehead atoms. The third kappa shape index (κ3) is 4.34. The maximum atomic E-state index is 14.8. The molecule has 0 saturated carbocycles. The topological polar surface area (TPSA) is 56.4 Å². The molecule has 1 aromatic heterocycles. The third-order valence-corrected chi connectivity index (χ3v) is 4.83. The van der Waals surface area contributed by atoms with E-state index in [0.717, 1.165) is 36.7 Å². The lowest BCUT2D eigenvalue weighted by Crippen LogP contribution is -2.46. The molecule has 5 nitrogen and oxygen atoms in total. The highest BCUT2D eigenvalue weighted by Gasteiger charge is 2.16. The lowest BCUT2D eigenvalue weighted by molar-refractivity contribution is 0.356. The molecule has 0 aliphatic carbocycles. The molecule has 1 aromatic carbocycles. The lowest BCUT2D eigenvalue weighted by atomic mass is 10.1. The smallest absolute Gasteiger partial charge is 0.128 e. The summed E-state index contributed by atoms with van der Waals surface area (Å²) in [5.74, 6) is 0.109. The molecule has 0 unspecified atom stereocenters. The number of amidine groups is 1. The largest absolute Gasteiger partial charge is 0.354 e. The number of aromatic nitrogens is 1. The first-order chi connectivity index (χ1) is 13.1. The van der Waals surface area contributed by atoms with Gasteiger partial charge in [-0.05, 0) is 30.4 Å². The molecule has 0 spiro atoms. The fourth-order valence-electron chi connectivity index (χ4n) is 3.30. The quantitative estimate of drug-likeness (QED) is 0.630. The summed E-state index contributed by atoms with van der Waals surface area (Å²) in [6, 6.07) is 7.12. The number of halogens is 1. The normalized spacial score (nSPS) is 16.5. The van der Waals surface area contributed by atoms with Crippen LogP contribution in [0.2, 0.25) is 0 Å². The molecule has 1 fully saturated rings. The third-order valence-electron chi connectivity index (χ3n) is 4.83. The van der Waals surface area contributed by atoms with E-state index in [0.29, 0.717) is 23.5 Å². The van der Waals surface area contributed by atoms with Crippen molar-refractivity contribution in [3.8, 4) is 0 Å². The highest BCUT2D eigenvalue weighted by Crippen LogP contribution is 2.14. The number of hydrogen-bond acceptors (Lipinski definition) is 3. The molecule has 0 atom stereocenters. The number of nitrogens with zero attached hydrogens (tertiary/aromatic N) is 3. The van der Waals surface area contributed by atoms with Crippen LogP contribution in [0.15, 0.2) is 35.5 Å². The number of hydrogen-bond donors (Lipinski definition) is 2. The SMILES string of the molecule is C/C=c1/ccn(Cc2ccc(C(=N)N3CCNCC3)cc2F)/c1=C/C=N/C. The van der Waals surface area contributed by atoms with Gasteiger partial charge in [0.25, 0.3) is 0 Å². The van der Waals surface area contributed by atoms with Crippen LogP contribution in [-0.4, -0.2) is 54.7 Å². The molecule has 142 valence electrons. The minimum Gasteiger partial charge on any atom is -0.354 e.